The van der Waals surface area contributed by atoms with Gasteiger partial charge < -0.3 is 5.32 Å². The van der Waals surface area contributed by atoms with Crippen LogP contribution in [0.15, 0.2) is 30.3 Å². The molecule has 26 heavy (non-hydrogen) atoms. The highest BCUT2D eigenvalue weighted by atomic mass is 32.1. The van der Waals surface area contributed by atoms with E-state index in [0.717, 1.165) is 12.8 Å². The molecule has 1 saturated carbocycles. The molecule has 0 spiro atoms. The van der Waals surface area contributed by atoms with Crippen molar-refractivity contribution in [3.8, 4) is 0 Å². The maximum Gasteiger partial charge on any atom is 0.276 e. The fourth-order valence-electron chi connectivity index (χ4n) is 3.11. The number of hydrogen-bond donors (Lipinski definition) is 3. The number of nitrogens with zero attached hydrogens (tertiary/aromatic N) is 1. The van der Waals surface area contributed by atoms with Crippen LogP contribution in [0.2, 0.25) is 0 Å². The van der Waals surface area contributed by atoms with Gasteiger partial charge in [0.1, 0.15) is 0 Å². The summed E-state index contributed by atoms with van der Waals surface area (Å²) in [5, 5.41) is 14.6. The monoisotopic (exact) mass is 376 g/mol. The zero-order chi connectivity index (χ0) is 19.1. The van der Waals surface area contributed by atoms with Crippen molar-refractivity contribution in [3.05, 3.63) is 46.0 Å². The number of hydrogen-bond acceptors (Lipinski definition) is 4. The second-order valence-corrected chi connectivity index (χ2v) is 7.02. The van der Waals surface area contributed by atoms with Gasteiger partial charge in [-0.25, -0.2) is 0 Å². The Balaban J connectivity index is 1.83. The average Bonchev–Trinajstić information content (AvgIpc) is 2.62. The molecule has 0 saturated heterocycles. The van der Waals surface area contributed by atoms with E-state index in [1.165, 1.54) is 24.6 Å². The average molecular weight is 376 g/mol. The lowest BCUT2D eigenvalue weighted by atomic mass is 9.78. The molecule has 0 unspecified atom stereocenters. The van der Waals surface area contributed by atoms with Crippen molar-refractivity contribution < 1.29 is 9.72 Å². The summed E-state index contributed by atoms with van der Waals surface area (Å²) < 4.78 is 0. The summed E-state index contributed by atoms with van der Waals surface area (Å²) in [5.74, 6) is 0.707. The Morgan fingerprint density at radius 1 is 1.27 bits per heavy atom. The third-order valence-corrected chi connectivity index (χ3v) is 5.09. The van der Waals surface area contributed by atoms with Gasteiger partial charge in [-0.05, 0) is 42.6 Å². The largest absolute Gasteiger partial charge is 0.358 e. The fourth-order valence-corrected chi connectivity index (χ4v) is 3.31. The first-order chi connectivity index (χ1) is 12.4. The Kier molecular flexibility index (Phi) is 7.08. The highest BCUT2D eigenvalue weighted by molar-refractivity contribution is 7.80. The predicted octanol–water partition coefficient (Wildman–Crippen LogP) is 2.93. The number of carbonyl (C=O) groups excluding carboxylic acids is 1. The molecule has 0 heterocycles. The topological polar surface area (TPSA) is 96.3 Å². The molecule has 0 bridgehead atoms. The number of rotatable bonds is 4. The van der Waals surface area contributed by atoms with Crippen molar-refractivity contribution in [3.63, 3.8) is 0 Å². The molecule has 1 aliphatic rings. The molecule has 0 aromatic heterocycles. The first kappa shape index (κ1) is 19.8. The minimum atomic E-state index is -0.485. The normalized spacial score (nSPS) is 22.6. The van der Waals surface area contributed by atoms with Gasteiger partial charge in [-0.3, -0.25) is 25.8 Å². The van der Waals surface area contributed by atoms with Crippen LogP contribution in [-0.4, -0.2) is 22.0 Å². The summed E-state index contributed by atoms with van der Waals surface area (Å²) in [4.78, 5) is 22.4. The maximum atomic E-state index is 11.9. The molecular weight excluding hydrogens is 352 g/mol. The van der Waals surface area contributed by atoms with Crippen LogP contribution in [0, 0.1) is 22.0 Å². The van der Waals surface area contributed by atoms with E-state index in [0.29, 0.717) is 22.5 Å². The number of para-hydroxylation sites is 1. The number of amides is 1. The van der Waals surface area contributed by atoms with E-state index < -0.39 is 10.8 Å². The summed E-state index contributed by atoms with van der Waals surface area (Å²) in [6.07, 6.45) is 6.07. The third kappa shape index (κ3) is 5.52. The standard InChI is InChI=1S/C18H24N4O3S/c1-12-6-5-8-15(13(12)2)19-18(26)21-20-17(23)11-10-14-7-3-4-9-16(14)22(24)25/h3-4,7,9-13,15H,5-6,8H2,1-2H3,(H,20,23)(H2,19,21,26)/b11-10+/t12-,13+,15+/m0/s1. The van der Waals surface area contributed by atoms with Gasteiger partial charge >= 0.3 is 0 Å². The van der Waals surface area contributed by atoms with Gasteiger partial charge in [0.15, 0.2) is 5.11 Å². The lowest BCUT2D eigenvalue weighted by Crippen LogP contribution is -2.52. The molecule has 3 N–H and O–H groups in total. The van der Waals surface area contributed by atoms with E-state index in [1.54, 1.807) is 18.2 Å². The minimum absolute atomic E-state index is 0.0536. The Morgan fingerprint density at radius 3 is 2.73 bits per heavy atom. The molecule has 1 aromatic carbocycles. The van der Waals surface area contributed by atoms with Crippen LogP contribution in [-0.2, 0) is 4.79 Å². The van der Waals surface area contributed by atoms with Crippen LogP contribution in [0.3, 0.4) is 0 Å². The van der Waals surface area contributed by atoms with Crippen molar-refractivity contribution in [2.75, 3.05) is 0 Å². The third-order valence-electron chi connectivity index (χ3n) is 4.87. The number of carbonyl (C=O) groups is 1. The molecule has 7 nitrogen and oxygen atoms in total. The summed E-state index contributed by atoms with van der Waals surface area (Å²) in [6, 6.07) is 6.51. The van der Waals surface area contributed by atoms with Crippen molar-refractivity contribution in [1.82, 2.24) is 16.2 Å². The molecule has 0 radical (unpaired) electrons. The molecule has 3 atom stereocenters. The van der Waals surface area contributed by atoms with E-state index in [9.17, 15) is 14.9 Å². The first-order valence-corrected chi connectivity index (χ1v) is 9.07. The van der Waals surface area contributed by atoms with E-state index >= 15 is 0 Å². The smallest absolute Gasteiger partial charge is 0.276 e. The molecule has 0 aliphatic heterocycles. The summed E-state index contributed by atoms with van der Waals surface area (Å²) in [5.41, 5.74) is 5.45. The quantitative estimate of drug-likeness (QED) is 0.324. The van der Waals surface area contributed by atoms with Gasteiger partial charge in [-0.15, -0.1) is 0 Å². The number of thiocarbonyl (C=S) groups is 1. The molecular formula is C18H24N4O3S. The van der Waals surface area contributed by atoms with E-state index in [-0.39, 0.29) is 11.7 Å². The van der Waals surface area contributed by atoms with E-state index in [2.05, 4.69) is 30.0 Å². The highest BCUT2D eigenvalue weighted by Gasteiger charge is 2.27. The number of nitrogens with one attached hydrogen (secondary N) is 3. The van der Waals surface area contributed by atoms with Crippen LogP contribution in [0.5, 0.6) is 0 Å². The van der Waals surface area contributed by atoms with Crippen molar-refractivity contribution in [2.45, 2.75) is 39.2 Å². The van der Waals surface area contributed by atoms with Crippen LogP contribution in [0.4, 0.5) is 5.69 Å². The number of nitro benzene ring substituents is 1. The number of nitro groups is 1. The lowest BCUT2D eigenvalue weighted by Gasteiger charge is -2.35. The zero-order valence-corrected chi connectivity index (χ0v) is 15.7. The Morgan fingerprint density at radius 2 is 2.00 bits per heavy atom. The molecule has 2 rings (SSSR count). The molecule has 1 aromatic rings. The van der Waals surface area contributed by atoms with Gasteiger partial charge in [0.2, 0.25) is 0 Å². The van der Waals surface area contributed by atoms with Crippen LogP contribution < -0.4 is 16.2 Å². The highest BCUT2D eigenvalue weighted by Crippen LogP contribution is 2.29. The Hall–Kier alpha value is -2.48. The van der Waals surface area contributed by atoms with E-state index in [4.69, 9.17) is 12.2 Å². The molecule has 1 fully saturated rings. The first-order valence-electron chi connectivity index (χ1n) is 8.66. The Bertz CT molecular complexity index is 707. The zero-order valence-electron chi connectivity index (χ0n) is 14.9. The SMILES string of the molecule is C[C@@H]1[C@@H](C)CCC[C@H]1NC(=S)NNC(=O)/C=C/c1ccccc1[N+](=O)[O-]. The molecule has 1 aliphatic carbocycles. The van der Waals surface area contributed by atoms with Crippen LogP contribution >= 0.6 is 12.2 Å². The van der Waals surface area contributed by atoms with Crippen molar-refractivity contribution >= 4 is 35.0 Å². The summed E-state index contributed by atoms with van der Waals surface area (Å²) in [7, 11) is 0. The van der Waals surface area contributed by atoms with Gasteiger partial charge in [0, 0.05) is 18.2 Å². The predicted molar refractivity (Wildman–Crippen MR) is 105 cm³/mol. The van der Waals surface area contributed by atoms with E-state index in [1.807, 2.05) is 0 Å². The van der Waals surface area contributed by atoms with Gasteiger partial charge in [0.05, 0.1) is 10.5 Å². The van der Waals surface area contributed by atoms with Crippen LogP contribution in [0.25, 0.3) is 6.08 Å². The van der Waals surface area contributed by atoms with Gasteiger partial charge in [0.25, 0.3) is 11.6 Å². The fraction of sp³-hybridized carbons (Fsp3) is 0.444. The maximum absolute atomic E-state index is 11.9. The van der Waals surface area contributed by atoms with Gasteiger partial charge in [-0.2, -0.15) is 0 Å². The van der Waals surface area contributed by atoms with Crippen molar-refractivity contribution in [1.29, 1.82) is 0 Å². The number of hydrazine groups is 1. The summed E-state index contributed by atoms with van der Waals surface area (Å²) in [6.45, 7) is 4.45. The van der Waals surface area contributed by atoms with Crippen LogP contribution in [0.1, 0.15) is 38.7 Å². The Labute approximate surface area is 158 Å². The minimum Gasteiger partial charge on any atom is -0.358 e. The second kappa shape index (κ2) is 9.28. The lowest BCUT2D eigenvalue weighted by molar-refractivity contribution is -0.385. The second-order valence-electron chi connectivity index (χ2n) is 6.61. The molecule has 140 valence electrons. The molecule has 8 heteroatoms. The number of benzene rings is 1. The van der Waals surface area contributed by atoms with Gasteiger partial charge in [-0.1, -0.05) is 38.8 Å². The summed E-state index contributed by atoms with van der Waals surface area (Å²) >= 11 is 5.23. The van der Waals surface area contributed by atoms with Crippen molar-refractivity contribution in [2.24, 2.45) is 11.8 Å². The molecule has 1 amide bonds.